The summed E-state index contributed by atoms with van der Waals surface area (Å²) in [6.45, 7) is 2.86. The van der Waals surface area contributed by atoms with Gasteiger partial charge in [-0.2, -0.15) is 0 Å². The highest BCUT2D eigenvalue weighted by atomic mass is 32.2. The van der Waals surface area contributed by atoms with Crippen LogP contribution in [0.3, 0.4) is 0 Å². The van der Waals surface area contributed by atoms with Crippen LogP contribution in [-0.4, -0.2) is 24.6 Å². The molecule has 0 bridgehead atoms. The minimum atomic E-state index is -3.64. The number of ether oxygens (including phenoxy) is 1. The maximum atomic E-state index is 12.4. The summed E-state index contributed by atoms with van der Waals surface area (Å²) in [7, 11) is -3.64. The molecular weight excluding hydrogens is 346 g/mol. The first-order valence-corrected chi connectivity index (χ1v) is 9.01. The molecule has 0 aliphatic carbocycles. The van der Waals surface area contributed by atoms with E-state index in [1.807, 2.05) is 0 Å². The quantitative estimate of drug-likeness (QED) is 0.444. The van der Waals surface area contributed by atoms with E-state index in [0.29, 0.717) is 5.56 Å². The van der Waals surface area contributed by atoms with E-state index in [4.69, 9.17) is 4.74 Å². The summed E-state index contributed by atoms with van der Waals surface area (Å²) in [6.07, 6.45) is 0. The average molecular weight is 363 g/mol. The average Bonchev–Trinajstić information content (AvgIpc) is 2.59. The van der Waals surface area contributed by atoms with Gasteiger partial charge >= 0.3 is 5.97 Å². The fourth-order valence-electron chi connectivity index (χ4n) is 2.12. The fraction of sp³-hybridized carbons (Fsp3) is 0.235. The molecule has 0 N–H and O–H groups in total. The molecule has 2 rings (SSSR count). The highest BCUT2D eigenvalue weighted by Gasteiger charge is 2.26. The molecule has 0 spiro atoms. The first-order chi connectivity index (χ1) is 11.7. The molecule has 0 saturated heterocycles. The van der Waals surface area contributed by atoms with E-state index in [9.17, 15) is 23.3 Å². The van der Waals surface area contributed by atoms with Gasteiger partial charge in [-0.25, -0.2) is 13.2 Å². The molecule has 2 aromatic carbocycles. The smallest absolute Gasteiger partial charge is 0.339 e. The predicted octanol–water partition coefficient (Wildman–Crippen LogP) is 3.13. The predicted molar refractivity (Wildman–Crippen MR) is 91.0 cm³/mol. The molecule has 132 valence electrons. The Kier molecular flexibility index (Phi) is 5.53. The molecule has 2 aromatic rings. The molecule has 0 heterocycles. The second-order valence-electron chi connectivity index (χ2n) is 5.59. The van der Waals surface area contributed by atoms with Crippen molar-refractivity contribution in [2.75, 3.05) is 0 Å². The van der Waals surface area contributed by atoms with Crippen LogP contribution in [0, 0.1) is 10.1 Å². The van der Waals surface area contributed by atoms with E-state index < -0.39 is 26.0 Å². The first-order valence-electron chi connectivity index (χ1n) is 7.47. The summed E-state index contributed by atoms with van der Waals surface area (Å²) >= 11 is 0. The molecule has 25 heavy (non-hydrogen) atoms. The third-order valence-electron chi connectivity index (χ3n) is 3.53. The van der Waals surface area contributed by atoms with Gasteiger partial charge in [-0.3, -0.25) is 10.1 Å². The van der Waals surface area contributed by atoms with Crippen molar-refractivity contribution in [2.24, 2.45) is 0 Å². The van der Waals surface area contributed by atoms with Crippen LogP contribution in [0.5, 0.6) is 0 Å². The second-order valence-corrected chi connectivity index (χ2v) is 8.07. The largest absolute Gasteiger partial charge is 0.457 e. The van der Waals surface area contributed by atoms with Crippen LogP contribution in [-0.2, 0) is 21.2 Å². The number of sulfone groups is 1. The van der Waals surface area contributed by atoms with Gasteiger partial charge in [0, 0.05) is 12.1 Å². The molecule has 0 amide bonds. The number of carbonyl (C=O) groups excluding carboxylic acids is 1. The van der Waals surface area contributed by atoms with Crippen LogP contribution in [0.4, 0.5) is 5.69 Å². The minimum absolute atomic E-state index is 0.0540. The Bertz CT molecular complexity index is 905. The van der Waals surface area contributed by atoms with Gasteiger partial charge in [-0.05, 0) is 31.5 Å². The third-order valence-corrected chi connectivity index (χ3v) is 5.74. The maximum absolute atomic E-state index is 12.4. The van der Waals surface area contributed by atoms with Gasteiger partial charge in [0.25, 0.3) is 5.69 Å². The van der Waals surface area contributed by atoms with E-state index in [1.165, 1.54) is 50.2 Å². The molecule has 0 aliphatic rings. The number of hydrogen-bond acceptors (Lipinski definition) is 6. The molecule has 0 radical (unpaired) electrons. The second kappa shape index (κ2) is 7.43. The van der Waals surface area contributed by atoms with Crippen molar-refractivity contribution in [3.05, 3.63) is 69.8 Å². The lowest BCUT2D eigenvalue weighted by atomic mass is 10.2. The highest BCUT2D eigenvalue weighted by molar-refractivity contribution is 7.92. The van der Waals surface area contributed by atoms with Crippen LogP contribution >= 0.6 is 0 Å². The van der Waals surface area contributed by atoms with E-state index >= 15 is 0 Å². The summed E-state index contributed by atoms with van der Waals surface area (Å²) < 4.78 is 29.9. The molecule has 7 nitrogen and oxygen atoms in total. The summed E-state index contributed by atoms with van der Waals surface area (Å²) in [5.74, 6) is -0.800. The Labute approximate surface area is 145 Å². The third kappa shape index (κ3) is 4.21. The SMILES string of the molecule is CC(C)S(=O)(=O)c1ccccc1C(=O)OCc1cccc([N+](=O)[O-])c1. The lowest BCUT2D eigenvalue weighted by Crippen LogP contribution is -2.18. The van der Waals surface area contributed by atoms with E-state index in [2.05, 4.69) is 0 Å². The lowest BCUT2D eigenvalue weighted by Gasteiger charge is -2.12. The normalized spacial score (nSPS) is 11.3. The zero-order valence-corrected chi connectivity index (χ0v) is 14.5. The van der Waals surface area contributed by atoms with Crippen molar-refractivity contribution in [3.63, 3.8) is 0 Å². The zero-order chi connectivity index (χ0) is 18.6. The van der Waals surface area contributed by atoms with Crippen molar-refractivity contribution in [2.45, 2.75) is 30.6 Å². The monoisotopic (exact) mass is 363 g/mol. The fourth-order valence-corrected chi connectivity index (χ4v) is 3.36. The number of nitro groups is 1. The first kappa shape index (κ1) is 18.6. The lowest BCUT2D eigenvalue weighted by molar-refractivity contribution is -0.384. The van der Waals surface area contributed by atoms with Crippen LogP contribution in [0.2, 0.25) is 0 Å². The maximum Gasteiger partial charge on any atom is 0.339 e. The van der Waals surface area contributed by atoms with Gasteiger partial charge in [-0.1, -0.05) is 24.3 Å². The Morgan fingerprint density at radius 1 is 1.16 bits per heavy atom. The number of nitro benzene ring substituents is 1. The number of nitrogens with zero attached hydrogens (tertiary/aromatic N) is 1. The Hall–Kier alpha value is -2.74. The molecule has 0 aromatic heterocycles. The van der Waals surface area contributed by atoms with Gasteiger partial charge in [-0.15, -0.1) is 0 Å². The summed E-state index contributed by atoms with van der Waals surface area (Å²) in [4.78, 5) is 22.4. The topological polar surface area (TPSA) is 104 Å². The van der Waals surface area contributed by atoms with E-state index in [-0.39, 0.29) is 22.8 Å². The van der Waals surface area contributed by atoms with Crippen molar-refractivity contribution in [3.8, 4) is 0 Å². The molecule has 0 unspecified atom stereocenters. The minimum Gasteiger partial charge on any atom is -0.457 e. The molecule has 0 fully saturated rings. The van der Waals surface area contributed by atoms with Crippen molar-refractivity contribution in [1.82, 2.24) is 0 Å². The van der Waals surface area contributed by atoms with Crippen LogP contribution in [0.25, 0.3) is 0 Å². The Morgan fingerprint density at radius 2 is 1.84 bits per heavy atom. The number of esters is 1. The summed E-state index contributed by atoms with van der Waals surface area (Å²) in [5, 5.41) is 10.1. The molecular formula is C17H17NO6S. The van der Waals surface area contributed by atoms with Gasteiger partial charge in [0.15, 0.2) is 9.84 Å². The number of non-ortho nitro benzene ring substituents is 1. The van der Waals surface area contributed by atoms with Crippen molar-refractivity contribution >= 4 is 21.5 Å². The van der Waals surface area contributed by atoms with Gasteiger partial charge < -0.3 is 4.74 Å². The number of benzene rings is 2. The van der Waals surface area contributed by atoms with Gasteiger partial charge in [0.05, 0.1) is 20.6 Å². The summed E-state index contributed by atoms with van der Waals surface area (Å²) in [6, 6.07) is 11.5. The molecule has 0 saturated carbocycles. The van der Waals surface area contributed by atoms with Crippen LogP contribution < -0.4 is 0 Å². The van der Waals surface area contributed by atoms with Crippen LogP contribution in [0.1, 0.15) is 29.8 Å². The Balaban J connectivity index is 2.23. The zero-order valence-electron chi connectivity index (χ0n) is 13.7. The summed E-state index contributed by atoms with van der Waals surface area (Å²) in [5.41, 5.74) is 0.268. The van der Waals surface area contributed by atoms with E-state index in [0.717, 1.165) is 0 Å². The molecule has 8 heteroatoms. The number of hydrogen-bond donors (Lipinski definition) is 0. The van der Waals surface area contributed by atoms with Crippen molar-refractivity contribution < 1.29 is 22.9 Å². The molecule has 0 atom stereocenters. The number of rotatable bonds is 6. The van der Waals surface area contributed by atoms with Gasteiger partial charge in [0.1, 0.15) is 6.61 Å². The number of carbonyl (C=O) groups is 1. The molecule has 0 aliphatic heterocycles. The highest BCUT2D eigenvalue weighted by Crippen LogP contribution is 2.22. The standard InChI is InChI=1S/C17H17NO6S/c1-12(2)25(22,23)16-9-4-3-8-15(16)17(19)24-11-13-6-5-7-14(10-13)18(20)21/h3-10,12H,11H2,1-2H3. The van der Waals surface area contributed by atoms with E-state index in [1.54, 1.807) is 12.1 Å². The van der Waals surface area contributed by atoms with Crippen LogP contribution in [0.15, 0.2) is 53.4 Å². The Morgan fingerprint density at radius 3 is 2.48 bits per heavy atom. The van der Waals surface area contributed by atoms with Gasteiger partial charge in [0.2, 0.25) is 0 Å². The van der Waals surface area contributed by atoms with Crippen molar-refractivity contribution in [1.29, 1.82) is 0 Å².